The predicted octanol–water partition coefficient (Wildman–Crippen LogP) is 2.75. The molecule has 0 fully saturated rings. The molecule has 0 amide bonds. The van der Waals surface area contributed by atoms with Crippen LogP contribution in [0.4, 0.5) is 5.69 Å². The molecule has 0 saturated heterocycles. The van der Waals surface area contributed by atoms with Crippen molar-refractivity contribution in [2.45, 2.75) is 6.92 Å². The van der Waals surface area contributed by atoms with E-state index >= 15 is 0 Å². The van der Waals surface area contributed by atoms with E-state index in [-0.39, 0.29) is 5.92 Å². The van der Waals surface area contributed by atoms with Crippen LogP contribution >= 0.6 is 11.6 Å². The third-order valence-electron chi connectivity index (χ3n) is 2.30. The third kappa shape index (κ3) is 2.98. The van der Waals surface area contributed by atoms with Gasteiger partial charge in [-0.15, -0.1) is 0 Å². The molecule has 1 atom stereocenters. The minimum atomic E-state index is -0.0832. The SMILES string of the molecule is CC(C#N)CN(C)c1ccc(Cl)cc1C=O. The van der Waals surface area contributed by atoms with E-state index in [9.17, 15) is 4.79 Å². The number of rotatable bonds is 4. The van der Waals surface area contributed by atoms with Gasteiger partial charge < -0.3 is 4.90 Å². The van der Waals surface area contributed by atoms with E-state index in [4.69, 9.17) is 16.9 Å². The van der Waals surface area contributed by atoms with Crippen LogP contribution in [0.5, 0.6) is 0 Å². The molecule has 0 aromatic heterocycles. The Morgan fingerprint density at radius 1 is 1.62 bits per heavy atom. The van der Waals surface area contributed by atoms with Crippen molar-refractivity contribution in [1.82, 2.24) is 0 Å². The van der Waals surface area contributed by atoms with E-state index in [0.29, 0.717) is 17.1 Å². The molecular formula is C12H13ClN2O. The van der Waals surface area contributed by atoms with Crippen molar-refractivity contribution in [2.24, 2.45) is 5.92 Å². The molecule has 3 nitrogen and oxygen atoms in total. The Kier molecular flexibility index (Phi) is 4.33. The van der Waals surface area contributed by atoms with Crippen molar-refractivity contribution in [2.75, 3.05) is 18.5 Å². The number of nitrogens with zero attached hydrogens (tertiary/aromatic N) is 2. The van der Waals surface area contributed by atoms with Gasteiger partial charge in [0.25, 0.3) is 0 Å². The summed E-state index contributed by atoms with van der Waals surface area (Å²) in [6.07, 6.45) is 0.773. The fraction of sp³-hybridized carbons (Fsp3) is 0.333. The first kappa shape index (κ1) is 12.5. The summed E-state index contributed by atoms with van der Waals surface area (Å²) in [5, 5.41) is 9.27. The van der Waals surface area contributed by atoms with Gasteiger partial charge in [0, 0.05) is 29.9 Å². The van der Waals surface area contributed by atoms with Gasteiger partial charge in [-0.25, -0.2) is 0 Å². The number of anilines is 1. The van der Waals surface area contributed by atoms with Gasteiger partial charge >= 0.3 is 0 Å². The summed E-state index contributed by atoms with van der Waals surface area (Å²) in [6.45, 7) is 2.42. The molecule has 0 heterocycles. The number of aldehydes is 1. The molecule has 0 bridgehead atoms. The summed E-state index contributed by atoms with van der Waals surface area (Å²) in [7, 11) is 1.85. The van der Waals surface area contributed by atoms with E-state index < -0.39 is 0 Å². The van der Waals surface area contributed by atoms with Gasteiger partial charge in [-0.3, -0.25) is 4.79 Å². The minimum absolute atomic E-state index is 0.0832. The number of carbonyl (C=O) groups excluding carboxylic acids is 1. The molecule has 0 N–H and O–H groups in total. The molecule has 0 saturated carbocycles. The Morgan fingerprint density at radius 3 is 2.88 bits per heavy atom. The largest absolute Gasteiger partial charge is 0.373 e. The lowest BCUT2D eigenvalue weighted by Crippen LogP contribution is -2.24. The van der Waals surface area contributed by atoms with E-state index in [1.807, 2.05) is 18.9 Å². The minimum Gasteiger partial charge on any atom is -0.373 e. The first-order valence-corrected chi connectivity index (χ1v) is 5.31. The second-order valence-corrected chi connectivity index (χ2v) is 4.17. The number of hydrogen-bond acceptors (Lipinski definition) is 3. The maximum absolute atomic E-state index is 10.9. The first-order valence-electron chi connectivity index (χ1n) is 4.94. The van der Waals surface area contributed by atoms with Gasteiger partial charge in [0.2, 0.25) is 0 Å². The van der Waals surface area contributed by atoms with E-state index in [1.165, 1.54) is 0 Å². The van der Waals surface area contributed by atoms with Crippen LogP contribution in [-0.2, 0) is 0 Å². The van der Waals surface area contributed by atoms with Crippen LogP contribution in [0.2, 0.25) is 5.02 Å². The lowest BCUT2D eigenvalue weighted by molar-refractivity contribution is 0.112. The van der Waals surface area contributed by atoms with Crippen LogP contribution in [0.15, 0.2) is 18.2 Å². The standard InChI is InChI=1S/C12H13ClN2O/c1-9(6-14)7-15(2)12-4-3-11(13)5-10(12)8-16/h3-5,8-9H,7H2,1-2H3. The zero-order chi connectivity index (χ0) is 12.1. The molecule has 84 valence electrons. The molecule has 1 unspecified atom stereocenters. The number of hydrogen-bond donors (Lipinski definition) is 0. The average Bonchev–Trinajstić information content (AvgIpc) is 2.28. The van der Waals surface area contributed by atoms with Crippen LogP contribution in [-0.4, -0.2) is 19.9 Å². The van der Waals surface area contributed by atoms with Crippen molar-refractivity contribution in [3.05, 3.63) is 28.8 Å². The van der Waals surface area contributed by atoms with E-state index in [2.05, 4.69) is 6.07 Å². The fourth-order valence-electron chi connectivity index (χ4n) is 1.52. The monoisotopic (exact) mass is 236 g/mol. The maximum atomic E-state index is 10.9. The van der Waals surface area contributed by atoms with Crippen LogP contribution in [0.25, 0.3) is 0 Å². The highest BCUT2D eigenvalue weighted by molar-refractivity contribution is 6.31. The average molecular weight is 237 g/mol. The van der Waals surface area contributed by atoms with Crippen LogP contribution in [0.1, 0.15) is 17.3 Å². The first-order chi connectivity index (χ1) is 7.58. The molecule has 0 aliphatic carbocycles. The van der Waals surface area contributed by atoms with Crippen LogP contribution < -0.4 is 4.90 Å². The molecule has 16 heavy (non-hydrogen) atoms. The summed E-state index contributed by atoms with van der Waals surface area (Å²) < 4.78 is 0. The smallest absolute Gasteiger partial charge is 0.152 e. The topological polar surface area (TPSA) is 44.1 Å². The second kappa shape index (κ2) is 5.53. The highest BCUT2D eigenvalue weighted by atomic mass is 35.5. The zero-order valence-corrected chi connectivity index (χ0v) is 10.0. The highest BCUT2D eigenvalue weighted by Crippen LogP contribution is 2.22. The summed E-state index contributed by atoms with van der Waals surface area (Å²) in [4.78, 5) is 12.8. The fourth-order valence-corrected chi connectivity index (χ4v) is 1.70. The normalized spacial score (nSPS) is 11.6. The lowest BCUT2D eigenvalue weighted by Gasteiger charge is -2.22. The highest BCUT2D eigenvalue weighted by Gasteiger charge is 2.10. The Balaban J connectivity index is 2.95. The molecule has 0 aliphatic rings. The second-order valence-electron chi connectivity index (χ2n) is 3.73. The van der Waals surface area contributed by atoms with Gasteiger partial charge in [0.05, 0.1) is 12.0 Å². The molecule has 1 aromatic carbocycles. The molecule has 0 radical (unpaired) electrons. The molecular weight excluding hydrogens is 224 g/mol. The van der Waals surface area contributed by atoms with Gasteiger partial charge in [-0.2, -0.15) is 5.26 Å². The predicted molar refractivity (Wildman–Crippen MR) is 64.9 cm³/mol. The van der Waals surface area contributed by atoms with Crippen molar-refractivity contribution >= 4 is 23.6 Å². The lowest BCUT2D eigenvalue weighted by atomic mass is 10.1. The van der Waals surface area contributed by atoms with Crippen molar-refractivity contribution in [3.8, 4) is 6.07 Å². The van der Waals surface area contributed by atoms with Gasteiger partial charge in [-0.05, 0) is 25.1 Å². The quantitative estimate of drug-likeness (QED) is 0.755. The van der Waals surface area contributed by atoms with Crippen LogP contribution in [0, 0.1) is 17.2 Å². The maximum Gasteiger partial charge on any atom is 0.152 e. The van der Waals surface area contributed by atoms with Crippen molar-refractivity contribution in [1.29, 1.82) is 5.26 Å². The Labute approximate surface area is 100 Å². The van der Waals surface area contributed by atoms with Gasteiger partial charge in [0.1, 0.15) is 0 Å². The van der Waals surface area contributed by atoms with Gasteiger partial charge in [0.15, 0.2) is 6.29 Å². The number of halogens is 1. The number of nitriles is 1. The summed E-state index contributed by atoms with van der Waals surface area (Å²) in [5.74, 6) is -0.0832. The summed E-state index contributed by atoms with van der Waals surface area (Å²) >= 11 is 5.80. The Morgan fingerprint density at radius 2 is 2.31 bits per heavy atom. The Hall–Kier alpha value is -1.53. The van der Waals surface area contributed by atoms with Crippen LogP contribution in [0.3, 0.4) is 0 Å². The molecule has 1 rings (SSSR count). The Bertz CT molecular complexity index is 426. The van der Waals surface area contributed by atoms with Crippen molar-refractivity contribution in [3.63, 3.8) is 0 Å². The summed E-state index contributed by atoms with van der Waals surface area (Å²) in [5.41, 5.74) is 1.33. The zero-order valence-electron chi connectivity index (χ0n) is 9.27. The van der Waals surface area contributed by atoms with Gasteiger partial charge in [-0.1, -0.05) is 11.6 Å². The summed E-state index contributed by atoms with van der Waals surface area (Å²) in [6, 6.07) is 7.30. The number of carbonyl (C=O) groups is 1. The molecule has 1 aromatic rings. The number of benzene rings is 1. The molecule has 4 heteroatoms. The van der Waals surface area contributed by atoms with E-state index in [1.54, 1.807) is 18.2 Å². The molecule has 0 aliphatic heterocycles. The molecule has 0 spiro atoms. The third-order valence-corrected chi connectivity index (χ3v) is 2.53. The van der Waals surface area contributed by atoms with Crippen molar-refractivity contribution < 1.29 is 4.79 Å². The van der Waals surface area contributed by atoms with E-state index in [0.717, 1.165) is 12.0 Å².